The van der Waals surface area contributed by atoms with Crippen LogP contribution in [0.15, 0.2) is 29.3 Å². The minimum atomic E-state index is -0.480. The molecule has 0 atom stereocenters. The average molecular weight is 436 g/mol. The monoisotopic (exact) mass is 436 g/mol. The van der Waals surface area contributed by atoms with Gasteiger partial charge in [-0.2, -0.15) is 0 Å². The molecule has 7 nitrogen and oxygen atoms in total. The third-order valence-electron chi connectivity index (χ3n) is 2.89. The summed E-state index contributed by atoms with van der Waals surface area (Å²) in [5.74, 6) is 0.743. The van der Waals surface area contributed by atoms with Gasteiger partial charge in [0.05, 0.1) is 7.11 Å². The van der Waals surface area contributed by atoms with E-state index in [-0.39, 0.29) is 24.0 Å². The van der Waals surface area contributed by atoms with Crippen molar-refractivity contribution in [2.75, 3.05) is 39.7 Å². The first-order chi connectivity index (χ1) is 10.7. The van der Waals surface area contributed by atoms with E-state index >= 15 is 0 Å². The van der Waals surface area contributed by atoms with Crippen molar-refractivity contribution in [2.45, 2.75) is 13.0 Å². The Hall–Kier alpha value is -1.55. The minimum absolute atomic E-state index is 0. The fourth-order valence-corrected chi connectivity index (χ4v) is 1.70. The molecular weight excluding hydrogens is 411 g/mol. The second-order valence-corrected chi connectivity index (χ2v) is 4.51. The van der Waals surface area contributed by atoms with Crippen molar-refractivity contribution in [3.05, 3.63) is 29.8 Å². The smallest absolute Gasteiger partial charge is 0.411 e. The number of guanidine groups is 1. The molecule has 0 saturated carbocycles. The highest BCUT2D eigenvalue weighted by Crippen LogP contribution is 2.09. The molecule has 0 aliphatic heterocycles. The number of hydrogen-bond acceptors (Lipinski definition) is 4. The van der Waals surface area contributed by atoms with E-state index in [1.165, 1.54) is 7.11 Å². The molecule has 0 aromatic heterocycles. The Kier molecular flexibility index (Phi) is 12.1. The van der Waals surface area contributed by atoms with E-state index in [2.05, 4.69) is 25.7 Å². The predicted molar refractivity (Wildman–Crippen MR) is 103 cm³/mol. The number of anilines is 1. The largest absolute Gasteiger partial charge is 0.453 e. The van der Waals surface area contributed by atoms with Crippen molar-refractivity contribution < 1.29 is 14.3 Å². The fraction of sp³-hybridized carbons (Fsp3) is 0.467. The van der Waals surface area contributed by atoms with Gasteiger partial charge in [-0.25, -0.2) is 4.79 Å². The zero-order chi connectivity index (χ0) is 16.2. The molecule has 0 aliphatic rings. The van der Waals surface area contributed by atoms with Crippen LogP contribution in [-0.4, -0.2) is 46.5 Å². The zero-order valence-corrected chi connectivity index (χ0v) is 16.0. The number of carbonyl (C=O) groups excluding carboxylic acids is 1. The lowest BCUT2D eigenvalue weighted by Gasteiger charge is -2.12. The first kappa shape index (κ1) is 21.4. The third kappa shape index (κ3) is 9.24. The highest BCUT2D eigenvalue weighted by atomic mass is 127. The minimum Gasteiger partial charge on any atom is -0.453 e. The first-order valence-electron chi connectivity index (χ1n) is 7.07. The van der Waals surface area contributed by atoms with Crippen molar-refractivity contribution in [3.8, 4) is 0 Å². The fourth-order valence-electron chi connectivity index (χ4n) is 1.70. The van der Waals surface area contributed by atoms with Crippen LogP contribution >= 0.6 is 24.0 Å². The number of nitrogens with one attached hydrogen (secondary N) is 3. The van der Waals surface area contributed by atoms with E-state index in [9.17, 15) is 4.79 Å². The topological polar surface area (TPSA) is 84.0 Å². The normalized spacial score (nSPS) is 10.5. The predicted octanol–water partition coefficient (Wildman–Crippen LogP) is 2.18. The van der Waals surface area contributed by atoms with Crippen LogP contribution in [-0.2, 0) is 16.0 Å². The van der Waals surface area contributed by atoms with Crippen LogP contribution in [0.2, 0.25) is 0 Å². The summed E-state index contributed by atoms with van der Waals surface area (Å²) < 4.78 is 9.53. The van der Waals surface area contributed by atoms with Crippen LogP contribution in [0, 0.1) is 0 Å². The summed E-state index contributed by atoms with van der Waals surface area (Å²) in [6, 6.07) is 7.50. The van der Waals surface area contributed by atoms with Crippen LogP contribution in [0.4, 0.5) is 10.5 Å². The molecule has 23 heavy (non-hydrogen) atoms. The summed E-state index contributed by atoms with van der Waals surface area (Å²) in [4.78, 5) is 15.2. The van der Waals surface area contributed by atoms with Gasteiger partial charge in [0.25, 0.3) is 0 Å². The lowest BCUT2D eigenvalue weighted by molar-refractivity contribution is 0.187. The van der Waals surface area contributed by atoms with E-state index in [1.54, 1.807) is 14.2 Å². The van der Waals surface area contributed by atoms with Crippen molar-refractivity contribution in [1.29, 1.82) is 0 Å². The molecule has 0 spiro atoms. The SMILES string of the molecule is CN=C(NCCCOC)NCc1ccc(NC(=O)OC)cc1.I. The number of aliphatic imine (C=N–C) groups is 1. The molecule has 1 amide bonds. The van der Waals surface area contributed by atoms with Gasteiger partial charge in [-0.05, 0) is 24.1 Å². The number of hydrogen-bond donors (Lipinski definition) is 3. The molecule has 0 saturated heterocycles. The summed E-state index contributed by atoms with van der Waals surface area (Å²) in [6.45, 7) is 2.16. The lowest BCUT2D eigenvalue weighted by atomic mass is 10.2. The third-order valence-corrected chi connectivity index (χ3v) is 2.89. The van der Waals surface area contributed by atoms with Gasteiger partial charge in [0.15, 0.2) is 5.96 Å². The summed E-state index contributed by atoms with van der Waals surface area (Å²) in [6.07, 6.45) is 0.442. The number of amides is 1. The van der Waals surface area contributed by atoms with Crippen molar-refractivity contribution in [2.24, 2.45) is 4.99 Å². The van der Waals surface area contributed by atoms with Gasteiger partial charge in [0.2, 0.25) is 0 Å². The van der Waals surface area contributed by atoms with Gasteiger partial charge in [-0.1, -0.05) is 12.1 Å². The van der Waals surface area contributed by atoms with Crippen LogP contribution < -0.4 is 16.0 Å². The number of nitrogens with zero attached hydrogens (tertiary/aromatic N) is 1. The maximum atomic E-state index is 11.1. The van der Waals surface area contributed by atoms with Gasteiger partial charge in [0.1, 0.15) is 0 Å². The molecule has 0 unspecified atom stereocenters. The maximum absolute atomic E-state index is 11.1. The summed E-state index contributed by atoms with van der Waals surface area (Å²) in [7, 11) is 4.75. The lowest BCUT2D eigenvalue weighted by Crippen LogP contribution is -2.37. The summed E-state index contributed by atoms with van der Waals surface area (Å²) >= 11 is 0. The van der Waals surface area contributed by atoms with Crippen LogP contribution in [0.1, 0.15) is 12.0 Å². The van der Waals surface area contributed by atoms with Crippen LogP contribution in [0.5, 0.6) is 0 Å². The van der Waals surface area contributed by atoms with E-state index in [0.717, 1.165) is 31.1 Å². The van der Waals surface area contributed by atoms with Crippen LogP contribution in [0.3, 0.4) is 0 Å². The molecule has 1 aromatic carbocycles. The molecule has 0 fully saturated rings. The highest BCUT2D eigenvalue weighted by Gasteiger charge is 2.01. The Balaban J connectivity index is 0.00000484. The van der Waals surface area contributed by atoms with Gasteiger partial charge in [-0.15, -0.1) is 24.0 Å². The Morgan fingerprint density at radius 2 is 1.87 bits per heavy atom. The molecule has 1 rings (SSSR count). The molecule has 130 valence electrons. The van der Waals surface area contributed by atoms with Gasteiger partial charge >= 0.3 is 6.09 Å². The highest BCUT2D eigenvalue weighted by molar-refractivity contribution is 14.0. The molecule has 0 heterocycles. The van der Waals surface area contributed by atoms with Gasteiger partial charge in [-0.3, -0.25) is 10.3 Å². The Morgan fingerprint density at radius 3 is 2.43 bits per heavy atom. The van der Waals surface area contributed by atoms with Gasteiger partial charge < -0.3 is 20.1 Å². The number of methoxy groups -OCH3 is 2. The zero-order valence-electron chi connectivity index (χ0n) is 13.7. The molecule has 1 aromatic rings. The van der Waals surface area contributed by atoms with Crippen molar-refractivity contribution in [1.82, 2.24) is 10.6 Å². The van der Waals surface area contributed by atoms with E-state index in [1.807, 2.05) is 24.3 Å². The van der Waals surface area contributed by atoms with E-state index in [0.29, 0.717) is 12.2 Å². The average Bonchev–Trinajstić information content (AvgIpc) is 2.55. The van der Waals surface area contributed by atoms with E-state index < -0.39 is 6.09 Å². The number of rotatable bonds is 7. The van der Waals surface area contributed by atoms with Crippen molar-refractivity contribution in [3.63, 3.8) is 0 Å². The number of ether oxygens (including phenoxy) is 2. The standard InChI is InChI=1S/C15H24N4O3.HI/c1-16-14(17-9-4-10-21-2)18-11-12-5-7-13(8-6-12)19-15(20)22-3;/h5-8H,4,9-11H2,1-3H3,(H,19,20)(H2,16,17,18);1H. The number of benzene rings is 1. The van der Waals surface area contributed by atoms with E-state index in [4.69, 9.17) is 4.74 Å². The second-order valence-electron chi connectivity index (χ2n) is 4.51. The maximum Gasteiger partial charge on any atom is 0.411 e. The number of carbonyl (C=O) groups is 1. The first-order valence-corrected chi connectivity index (χ1v) is 7.07. The molecule has 8 heteroatoms. The molecular formula is C15H25IN4O3. The second kappa shape index (κ2) is 12.9. The quantitative estimate of drug-likeness (QED) is 0.264. The molecule has 0 aliphatic carbocycles. The molecule has 0 bridgehead atoms. The van der Waals surface area contributed by atoms with Crippen LogP contribution in [0.25, 0.3) is 0 Å². The van der Waals surface area contributed by atoms with Crippen molar-refractivity contribution >= 4 is 41.7 Å². The molecule has 0 radical (unpaired) electrons. The summed E-state index contributed by atoms with van der Waals surface area (Å²) in [5, 5.41) is 9.03. The van der Waals surface area contributed by atoms with Gasteiger partial charge in [0, 0.05) is 39.5 Å². The Labute approximate surface area is 154 Å². The molecule has 3 N–H and O–H groups in total. The Morgan fingerprint density at radius 1 is 1.17 bits per heavy atom. The summed E-state index contributed by atoms with van der Waals surface area (Å²) in [5.41, 5.74) is 1.77. The Bertz CT molecular complexity index is 480. The number of halogens is 1.